The minimum absolute atomic E-state index is 0.00276. The third kappa shape index (κ3) is 5.23. The Hall–Kier alpha value is -3.79. The predicted octanol–water partition coefficient (Wildman–Crippen LogP) is 4.15. The number of rotatable bonds is 8. The summed E-state index contributed by atoms with van der Waals surface area (Å²) in [6.45, 7) is 0.349. The average Bonchev–Trinajstić information content (AvgIpc) is 3.50. The summed E-state index contributed by atoms with van der Waals surface area (Å²) in [7, 11) is 1.47. The molecule has 1 amide bonds. The topological polar surface area (TPSA) is 106 Å². The summed E-state index contributed by atoms with van der Waals surface area (Å²) in [6.07, 6.45) is 0.197. The second-order valence-electron chi connectivity index (χ2n) is 8.63. The van der Waals surface area contributed by atoms with Gasteiger partial charge in [-0.3, -0.25) is 4.79 Å². The van der Waals surface area contributed by atoms with Gasteiger partial charge < -0.3 is 29.6 Å². The van der Waals surface area contributed by atoms with Crippen LogP contribution in [0.2, 0.25) is 0 Å². The quantitative estimate of drug-likeness (QED) is 0.342. The average molecular weight is 492 g/mol. The molecule has 0 bridgehead atoms. The fourth-order valence-corrected chi connectivity index (χ4v) is 4.23. The van der Waals surface area contributed by atoms with E-state index >= 15 is 0 Å². The van der Waals surface area contributed by atoms with Gasteiger partial charge in [-0.2, -0.15) is 0 Å². The van der Waals surface area contributed by atoms with Gasteiger partial charge in [0.1, 0.15) is 18.4 Å². The van der Waals surface area contributed by atoms with E-state index in [-0.39, 0.29) is 37.0 Å². The van der Waals surface area contributed by atoms with Gasteiger partial charge >= 0.3 is 0 Å². The molecular formula is C27H26FN3O5. The van der Waals surface area contributed by atoms with Crippen LogP contribution in [0.15, 0.2) is 60.7 Å². The van der Waals surface area contributed by atoms with Crippen molar-refractivity contribution in [3.63, 3.8) is 0 Å². The molecule has 1 fully saturated rings. The standard InChI is InChI=1S/C27H26FN3O5/c1-34-15-25(33)29-19-8-6-17(7-9-19)16-2-4-18(5-3-16)27-22(28)11-23-24(31-27)12-26(30-23)36-21-10-20(13-32)35-14-21/h2-9,11-12,20-21,30,32H,10,13-15H2,1H3,(H,29,33)/t20-,21-/m0/s1. The summed E-state index contributed by atoms with van der Waals surface area (Å²) in [5.74, 6) is -0.173. The molecule has 0 aliphatic carbocycles. The first-order valence-corrected chi connectivity index (χ1v) is 11.6. The Morgan fingerprint density at radius 3 is 2.50 bits per heavy atom. The zero-order chi connectivity index (χ0) is 25.1. The summed E-state index contributed by atoms with van der Waals surface area (Å²) in [4.78, 5) is 19.2. The number of methoxy groups -OCH3 is 1. The van der Waals surface area contributed by atoms with Crippen LogP contribution in [-0.2, 0) is 14.3 Å². The van der Waals surface area contributed by atoms with Gasteiger partial charge in [-0.05, 0) is 23.3 Å². The van der Waals surface area contributed by atoms with E-state index in [1.165, 1.54) is 13.2 Å². The van der Waals surface area contributed by atoms with E-state index < -0.39 is 5.82 Å². The Morgan fingerprint density at radius 2 is 1.83 bits per heavy atom. The number of H-pyrrole nitrogens is 1. The number of pyridine rings is 1. The predicted molar refractivity (Wildman–Crippen MR) is 133 cm³/mol. The van der Waals surface area contributed by atoms with Crippen molar-refractivity contribution in [2.75, 3.05) is 32.2 Å². The molecule has 3 heterocycles. The number of halogens is 1. The van der Waals surface area contributed by atoms with Crippen molar-refractivity contribution in [3.05, 3.63) is 66.5 Å². The monoisotopic (exact) mass is 491 g/mol. The van der Waals surface area contributed by atoms with E-state index in [9.17, 15) is 14.3 Å². The Morgan fingerprint density at radius 1 is 1.14 bits per heavy atom. The number of hydrogen-bond acceptors (Lipinski definition) is 6. The minimum Gasteiger partial charge on any atom is -0.473 e. The van der Waals surface area contributed by atoms with Gasteiger partial charge in [0.25, 0.3) is 0 Å². The van der Waals surface area contributed by atoms with Crippen LogP contribution in [0.25, 0.3) is 33.4 Å². The normalized spacial score (nSPS) is 17.4. The molecule has 1 aliphatic rings. The lowest BCUT2D eigenvalue weighted by atomic mass is 10.0. The van der Waals surface area contributed by atoms with Gasteiger partial charge in [-0.15, -0.1) is 0 Å². The lowest BCUT2D eigenvalue weighted by molar-refractivity contribution is -0.119. The number of ether oxygens (including phenoxy) is 3. The molecule has 8 nitrogen and oxygen atoms in total. The summed E-state index contributed by atoms with van der Waals surface area (Å²) in [6, 6.07) is 18.1. The Balaban J connectivity index is 1.31. The van der Waals surface area contributed by atoms with Crippen LogP contribution in [0.4, 0.5) is 10.1 Å². The summed E-state index contributed by atoms with van der Waals surface area (Å²) < 4.78 is 31.1. The molecule has 186 valence electrons. The molecule has 36 heavy (non-hydrogen) atoms. The van der Waals surface area contributed by atoms with E-state index in [4.69, 9.17) is 14.2 Å². The lowest BCUT2D eigenvalue weighted by Gasteiger charge is -2.09. The van der Waals surface area contributed by atoms with Gasteiger partial charge in [-0.25, -0.2) is 9.37 Å². The van der Waals surface area contributed by atoms with Crippen molar-refractivity contribution < 1.29 is 28.5 Å². The summed E-state index contributed by atoms with van der Waals surface area (Å²) in [5.41, 5.74) is 4.63. The number of carbonyl (C=O) groups is 1. The first-order valence-electron chi connectivity index (χ1n) is 11.6. The van der Waals surface area contributed by atoms with Gasteiger partial charge in [0.05, 0.1) is 30.4 Å². The summed E-state index contributed by atoms with van der Waals surface area (Å²) >= 11 is 0. The van der Waals surface area contributed by atoms with Crippen molar-refractivity contribution in [1.82, 2.24) is 9.97 Å². The van der Waals surface area contributed by atoms with E-state index in [1.807, 2.05) is 48.5 Å². The minimum atomic E-state index is -0.440. The van der Waals surface area contributed by atoms with Crippen molar-refractivity contribution >= 4 is 22.6 Å². The number of benzene rings is 2. The maximum atomic E-state index is 14.9. The molecule has 5 rings (SSSR count). The number of aliphatic hydroxyl groups is 1. The Bertz CT molecular complexity index is 1350. The second kappa shape index (κ2) is 10.4. The maximum absolute atomic E-state index is 14.9. The molecule has 1 saturated heterocycles. The van der Waals surface area contributed by atoms with Gasteiger partial charge in [-0.1, -0.05) is 36.4 Å². The van der Waals surface area contributed by atoms with Crippen LogP contribution in [-0.4, -0.2) is 60.1 Å². The van der Waals surface area contributed by atoms with E-state index in [1.54, 1.807) is 6.07 Å². The van der Waals surface area contributed by atoms with Crippen LogP contribution in [0.3, 0.4) is 0 Å². The number of aromatic amines is 1. The number of carbonyl (C=O) groups excluding carboxylic acids is 1. The van der Waals surface area contributed by atoms with Crippen LogP contribution in [0.1, 0.15) is 6.42 Å². The molecule has 0 unspecified atom stereocenters. The largest absolute Gasteiger partial charge is 0.473 e. The maximum Gasteiger partial charge on any atom is 0.250 e. The van der Waals surface area contributed by atoms with Crippen molar-refractivity contribution in [2.45, 2.75) is 18.6 Å². The zero-order valence-corrected chi connectivity index (χ0v) is 19.7. The molecule has 2 aromatic heterocycles. The Kier molecular flexibility index (Phi) is 6.95. The van der Waals surface area contributed by atoms with E-state index in [0.717, 1.165) is 11.1 Å². The van der Waals surface area contributed by atoms with Crippen molar-refractivity contribution in [3.8, 4) is 28.3 Å². The fourth-order valence-electron chi connectivity index (χ4n) is 4.23. The van der Waals surface area contributed by atoms with Crippen LogP contribution in [0.5, 0.6) is 5.88 Å². The highest BCUT2D eigenvalue weighted by atomic mass is 19.1. The molecule has 0 spiro atoms. The zero-order valence-electron chi connectivity index (χ0n) is 19.7. The molecule has 1 aliphatic heterocycles. The summed E-state index contributed by atoms with van der Waals surface area (Å²) in [5, 5.41) is 12.0. The number of amides is 1. The highest BCUT2D eigenvalue weighted by molar-refractivity contribution is 5.92. The molecule has 2 atom stereocenters. The molecule has 3 N–H and O–H groups in total. The van der Waals surface area contributed by atoms with Crippen LogP contribution >= 0.6 is 0 Å². The van der Waals surface area contributed by atoms with E-state index in [2.05, 4.69) is 15.3 Å². The molecule has 0 saturated carbocycles. The van der Waals surface area contributed by atoms with Gasteiger partial charge in [0.15, 0.2) is 11.7 Å². The lowest BCUT2D eigenvalue weighted by Crippen LogP contribution is -2.17. The number of hydrogen-bond donors (Lipinski definition) is 3. The third-order valence-electron chi connectivity index (χ3n) is 6.01. The highest BCUT2D eigenvalue weighted by Gasteiger charge is 2.27. The molecule has 9 heteroatoms. The SMILES string of the molecule is COCC(=O)Nc1ccc(-c2ccc(-c3nc4cc(O[C@@H]5CO[C@H](CO)C5)[nH]c4cc3F)cc2)cc1. The van der Waals surface area contributed by atoms with Gasteiger partial charge in [0, 0.05) is 36.9 Å². The van der Waals surface area contributed by atoms with E-state index in [0.29, 0.717) is 41.2 Å². The Labute approximate surface area is 207 Å². The molecule has 2 aromatic carbocycles. The number of nitrogens with zero attached hydrogens (tertiary/aromatic N) is 1. The molecular weight excluding hydrogens is 465 g/mol. The smallest absolute Gasteiger partial charge is 0.250 e. The molecule has 4 aromatic rings. The highest BCUT2D eigenvalue weighted by Crippen LogP contribution is 2.30. The number of aliphatic hydroxyl groups excluding tert-OH is 1. The van der Waals surface area contributed by atoms with Crippen LogP contribution < -0.4 is 10.1 Å². The third-order valence-corrected chi connectivity index (χ3v) is 6.01. The number of anilines is 1. The number of fused-ring (bicyclic) bond motifs is 1. The first kappa shape index (κ1) is 23.9. The van der Waals surface area contributed by atoms with Crippen molar-refractivity contribution in [2.24, 2.45) is 0 Å². The van der Waals surface area contributed by atoms with Gasteiger partial charge in [0.2, 0.25) is 5.91 Å². The number of aromatic nitrogens is 2. The number of nitrogens with one attached hydrogen (secondary N) is 2. The van der Waals surface area contributed by atoms with Crippen molar-refractivity contribution in [1.29, 1.82) is 0 Å². The first-order chi connectivity index (χ1) is 17.5. The molecule has 0 radical (unpaired) electrons. The fraction of sp³-hybridized carbons (Fsp3) is 0.259. The van der Waals surface area contributed by atoms with Crippen LogP contribution in [0, 0.1) is 5.82 Å². The second-order valence-corrected chi connectivity index (χ2v) is 8.63.